The summed E-state index contributed by atoms with van der Waals surface area (Å²) in [6.07, 6.45) is 1.80. The van der Waals surface area contributed by atoms with Gasteiger partial charge in [0, 0.05) is 21.2 Å². The van der Waals surface area contributed by atoms with Crippen molar-refractivity contribution in [1.82, 2.24) is 4.98 Å². The van der Waals surface area contributed by atoms with Gasteiger partial charge in [-0.3, -0.25) is 4.98 Å². The number of halogens is 1. The molecule has 0 saturated heterocycles. The highest BCUT2D eigenvalue weighted by Crippen LogP contribution is 2.29. The number of nitrogens with two attached hydrogens (primary N) is 1. The average Bonchev–Trinajstić information content (AvgIpc) is 2.84. The van der Waals surface area contributed by atoms with Crippen molar-refractivity contribution < 1.29 is 8.42 Å². The van der Waals surface area contributed by atoms with Gasteiger partial charge in [0.05, 0.1) is 16.4 Å². The van der Waals surface area contributed by atoms with Gasteiger partial charge in [0.2, 0.25) is 10.0 Å². The van der Waals surface area contributed by atoms with Gasteiger partial charge in [0.15, 0.2) is 0 Å². The monoisotopic (exact) mass is 361 g/mol. The molecule has 0 aliphatic carbocycles. The second-order valence-electron chi connectivity index (χ2n) is 3.96. The lowest BCUT2D eigenvalue weighted by molar-refractivity contribution is 0.598. The molecular formula is C11H12BrN3O2S2. The topological polar surface area (TPSA) is 85.1 Å². The van der Waals surface area contributed by atoms with E-state index in [9.17, 15) is 8.42 Å². The molecule has 0 fully saturated rings. The number of nitrogens with zero attached hydrogens (tertiary/aromatic N) is 1. The fourth-order valence-corrected chi connectivity index (χ4v) is 3.35. The summed E-state index contributed by atoms with van der Waals surface area (Å²) in [5.41, 5.74) is 2.57. The molecule has 0 aliphatic rings. The Hall–Kier alpha value is -0.960. The van der Waals surface area contributed by atoms with Gasteiger partial charge in [-0.2, -0.15) is 0 Å². The van der Waals surface area contributed by atoms with E-state index in [1.807, 2.05) is 6.92 Å². The lowest BCUT2D eigenvalue weighted by Gasteiger charge is -2.15. The maximum atomic E-state index is 11.2. The molecular weight excluding hydrogens is 350 g/mol. The van der Waals surface area contributed by atoms with Crippen LogP contribution >= 0.6 is 27.3 Å². The summed E-state index contributed by atoms with van der Waals surface area (Å²) in [4.78, 5) is 5.20. The molecule has 0 aliphatic heterocycles. The smallest absolute Gasteiger partial charge is 0.238 e. The maximum Gasteiger partial charge on any atom is 0.238 e. The molecule has 8 heteroatoms. The van der Waals surface area contributed by atoms with Crippen molar-refractivity contribution in [2.24, 2.45) is 5.14 Å². The van der Waals surface area contributed by atoms with E-state index in [0.29, 0.717) is 4.47 Å². The molecule has 1 heterocycles. The van der Waals surface area contributed by atoms with E-state index >= 15 is 0 Å². The van der Waals surface area contributed by atoms with Crippen molar-refractivity contribution in [2.75, 3.05) is 5.32 Å². The van der Waals surface area contributed by atoms with Crippen LogP contribution in [0.25, 0.3) is 0 Å². The van der Waals surface area contributed by atoms with Crippen molar-refractivity contribution in [2.45, 2.75) is 17.9 Å². The van der Waals surface area contributed by atoms with Crippen LogP contribution in [-0.2, 0) is 10.0 Å². The van der Waals surface area contributed by atoms with Crippen LogP contribution in [0, 0.1) is 0 Å². The highest BCUT2D eigenvalue weighted by Gasteiger charge is 2.12. The third-order valence-corrected chi connectivity index (χ3v) is 5.04. The van der Waals surface area contributed by atoms with Crippen LogP contribution in [0.2, 0.25) is 0 Å². The molecule has 1 aromatic carbocycles. The number of hydrogen-bond donors (Lipinski definition) is 2. The number of aromatic nitrogens is 1. The van der Waals surface area contributed by atoms with Gasteiger partial charge >= 0.3 is 0 Å². The molecule has 0 amide bonds. The molecule has 102 valence electrons. The van der Waals surface area contributed by atoms with Gasteiger partial charge in [0.1, 0.15) is 0 Å². The molecule has 19 heavy (non-hydrogen) atoms. The first kappa shape index (κ1) is 14.4. The zero-order chi connectivity index (χ0) is 14.0. The zero-order valence-electron chi connectivity index (χ0n) is 10.00. The Morgan fingerprint density at radius 2 is 2.21 bits per heavy atom. The van der Waals surface area contributed by atoms with Crippen molar-refractivity contribution in [3.63, 3.8) is 0 Å². The summed E-state index contributed by atoms with van der Waals surface area (Å²) in [5, 5.41) is 8.36. The number of primary sulfonamides is 1. The van der Waals surface area contributed by atoms with Gasteiger partial charge in [-0.05, 0) is 41.1 Å². The molecule has 2 aromatic rings. The summed E-state index contributed by atoms with van der Waals surface area (Å²) in [5.74, 6) is 0. The summed E-state index contributed by atoms with van der Waals surface area (Å²) in [6.45, 7) is 2.01. The summed E-state index contributed by atoms with van der Waals surface area (Å²) >= 11 is 4.90. The molecule has 1 atom stereocenters. The summed E-state index contributed by atoms with van der Waals surface area (Å²) in [7, 11) is -3.68. The van der Waals surface area contributed by atoms with E-state index in [1.165, 1.54) is 12.1 Å². The minimum atomic E-state index is -3.68. The Balaban J connectivity index is 2.23. The zero-order valence-corrected chi connectivity index (χ0v) is 13.2. The van der Waals surface area contributed by atoms with E-state index in [2.05, 4.69) is 26.2 Å². The van der Waals surface area contributed by atoms with Crippen molar-refractivity contribution in [3.05, 3.63) is 39.3 Å². The number of thiazole rings is 1. The van der Waals surface area contributed by atoms with E-state index in [-0.39, 0.29) is 10.9 Å². The first-order valence-corrected chi connectivity index (χ1v) is 8.57. The number of sulfonamides is 1. The van der Waals surface area contributed by atoms with Crippen LogP contribution in [0.1, 0.15) is 17.8 Å². The predicted molar refractivity (Wildman–Crippen MR) is 79.7 cm³/mol. The highest BCUT2D eigenvalue weighted by atomic mass is 79.9. The second kappa shape index (κ2) is 5.58. The van der Waals surface area contributed by atoms with Gasteiger partial charge in [-0.1, -0.05) is 0 Å². The third kappa shape index (κ3) is 3.53. The lowest BCUT2D eigenvalue weighted by Crippen LogP contribution is -2.12. The van der Waals surface area contributed by atoms with Gasteiger partial charge in [0.25, 0.3) is 0 Å². The molecule has 0 bridgehead atoms. The highest BCUT2D eigenvalue weighted by molar-refractivity contribution is 9.10. The Kier molecular flexibility index (Phi) is 4.24. The minimum Gasteiger partial charge on any atom is -0.377 e. The van der Waals surface area contributed by atoms with Gasteiger partial charge in [-0.15, -0.1) is 11.3 Å². The van der Waals surface area contributed by atoms with Gasteiger partial charge in [-0.25, -0.2) is 13.6 Å². The molecule has 0 spiro atoms. The van der Waals surface area contributed by atoms with E-state index in [1.54, 1.807) is 29.1 Å². The van der Waals surface area contributed by atoms with Crippen molar-refractivity contribution in [3.8, 4) is 0 Å². The first-order valence-electron chi connectivity index (χ1n) is 5.35. The van der Waals surface area contributed by atoms with Crippen LogP contribution in [-0.4, -0.2) is 13.4 Å². The first-order chi connectivity index (χ1) is 8.88. The van der Waals surface area contributed by atoms with Crippen LogP contribution in [0.15, 0.2) is 39.3 Å². The van der Waals surface area contributed by atoms with Gasteiger partial charge < -0.3 is 5.32 Å². The Morgan fingerprint density at radius 3 is 2.74 bits per heavy atom. The molecule has 0 saturated carbocycles. The quantitative estimate of drug-likeness (QED) is 0.876. The molecule has 5 nitrogen and oxygen atoms in total. The second-order valence-corrected chi connectivity index (χ2v) is 7.29. The van der Waals surface area contributed by atoms with Crippen LogP contribution in [0.5, 0.6) is 0 Å². The van der Waals surface area contributed by atoms with Crippen molar-refractivity contribution >= 4 is 43.0 Å². The molecule has 1 unspecified atom stereocenters. The molecule has 2 rings (SSSR count). The van der Waals surface area contributed by atoms with Crippen LogP contribution < -0.4 is 10.5 Å². The van der Waals surface area contributed by atoms with Crippen LogP contribution in [0.3, 0.4) is 0 Å². The Bertz CT molecular complexity index is 671. The minimum absolute atomic E-state index is 0.0790. The molecule has 1 aromatic heterocycles. The molecule has 0 radical (unpaired) electrons. The fourth-order valence-electron chi connectivity index (χ4n) is 1.53. The SMILES string of the molecule is CC(Nc1ccc(S(N)(=O)=O)cc1Br)c1cncs1. The number of hydrogen-bond acceptors (Lipinski definition) is 5. The maximum absolute atomic E-state index is 11.2. The Morgan fingerprint density at radius 1 is 1.47 bits per heavy atom. The number of nitrogens with one attached hydrogen (secondary N) is 1. The summed E-state index contributed by atoms with van der Waals surface area (Å²) in [6, 6.07) is 4.73. The predicted octanol–water partition coefficient (Wildman–Crippen LogP) is 2.73. The number of anilines is 1. The van der Waals surface area contributed by atoms with Crippen molar-refractivity contribution in [1.29, 1.82) is 0 Å². The lowest BCUT2D eigenvalue weighted by atomic mass is 10.2. The van der Waals surface area contributed by atoms with E-state index in [0.717, 1.165) is 10.6 Å². The fraction of sp³-hybridized carbons (Fsp3) is 0.182. The number of rotatable bonds is 4. The average molecular weight is 362 g/mol. The normalized spacial score (nSPS) is 13.2. The van der Waals surface area contributed by atoms with Crippen LogP contribution in [0.4, 0.5) is 5.69 Å². The standard InChI is InChI=1S/C11H12BrN3O2S2/c1-7(11-5-14-6-18-11)15-10-3-2-8(4-9(10)12)19(13,16)17/h2-7,15H,1H3,(H2,13,16,17). The number of benzene rings is 1. The van der Waals surface area contributed by atoms with E-state index < -0.39 is 10.0 Å². The third-order valence-electron chi connectivity index (χ3n) is 2.52. The molecule has 3 N–H and O–H groups in total. The Labute approximate surface area is 124 Å². The summed E-state index contributed by atoms with van der Waals surface area (Å²) < 4.78 is 23.1. The largest absolute Gasteiger partial charge is 0.377 e. The van der Waals surface area contributed by atoms with E-state index in [4.69, 9.17) is 5.14 Å².